The van der Waals surface area contributed by atoms with Crippen LogP contribution in [-0.4, -0.2) is 52.7 Å². The zero-order valence-corrected chi connectivity index (χ0v) is 12.2. The second-order valence-electron chi connectivity index (χ2n) is 4.18. The standard InChI is InChI=1S/C14H22N2O5/c1-18-4-5-19-6-7-20-8-9-21-11-2-3-13(15)12(10-11)14(16)17/h2-3,10H,4-9,15H2,1H3,(H2,16,17). The van der Waals surface area contributed by atoms with Crippen molar-refractivity contribution in [1.29, 1.82) is 0 Å². The lowest BCUT2D eigenvalue weighted by Crippen LogP contribution is -2.14. The summed E-state index contributed by atoms with van der Waals surface area (Å²) in [5.41, 5.74) is 11.4. The van der Waals surface area contributed by atoms with Gasteiger partial charge in [0.2, 0.25) is 0 Å². The molecule has 0 aliphatic rings. The third-order valence-electron chi connectivity index (χ3n) is 2.59. The average Bonchev–Trinajstić information content (AvgIpc) is 2.47. The van der Waals surface area contributed by atoms with Crippen molar-refractivity contribution >= 4 is 11.6 Å². The molecule has 0 heterocycles. The van der Waals surface area contributed by atoms with E-state index in [9.17, 15) is 4.79 Å². The predicted molar refractivity (Wildman–Crippen MR) is 78.4 cm³/mol. The van der Waals surface area contributed by atoms with Crippen LogP contribution in [0.15, 0.2) is 18.2 Å². The zero-order chi connectivity index (χ0) is 15.5. The molecule has 4 N–H and O–H groups in total. The molecule has 0 atom stereocenters. The summed E-state index contributed by atoms with van der Waals surface area (Å²) in [5.74, 6) is -0.0552. The summed E-state index contributed by atoms with van der Waals surface area (Å²) in [6, 6.07) is 4.78. The maximum absolute atomic E-state index is 11.1. The Morgan fingerprint density at radius 1 is 1.05 bits per heavy atom. The van der Waals surface area contributed by atoms with Crippen molar-refractivity contribution in [2.75, 3.05) is 52.5 Å². The van der Waals surface area contributed by atoms with Crippen molar-refractivity contribution in [3.05, 3.63) is 23.8 Å². The van der Waals surface area contributed by atoms with Gasteiger partial charge in [0, 0.05) is 12.8 Å². The molecule has 118 valence electrons. The van der Waals surface area contributed by atoms with E-state index in [1.54, 1.807) is 19.2 Å². The van der Waals surface area contributed by atoms with Gasteiger partial charge >= 0.3 is 0 Å². The lowest BCUT2D eigenvalue weighted by Gasteiger charge is -2.09. The number of hydrogen-bond acceptors (Lipinski definition) is 6. The van der Waals surface area contributed by atoms with Crippen molar-refractivity contribution in [2.24, 2.45) is 5.73 Å². The van der Waals surface area contributed by atoms with E-state index in [2.05, 4.69) is 0 Å². The predicted octanol–water partition coefficient (Wildman–Crippen LogP) is 0.426. The molecule has 21 heavy (non-hydrogen) atoms. The Labute approximate surface area is 124 Å². The van der Waals surface area contributed by atoms with Crippen LogP contribution < -0.4 is 16.2 Å². The molecule has 0 aliphatic carbocycles. The Balaban J connectivity index is 2.16. The van der Waals surface area contributed by atoms with Gasteiger partial charge in [0.15, 0.2) is 0 Å². The van der Waals surface area contributed by atoms with Crippen molar-refractivity contribution in [1.82, 2.24) is 0 Å². The van der Waals surface area contributed by atoms with Crippen molar-refractivity contribution in [3.8, 4) is 5.75 Å². The van der Waals surface area contributed by atoms with Gasteiger partial charge in [0.25, 0.3) is 5.91 Å². The molecular weight excluding hydrogens is 276 g/mol. The topological polar surface area (TPSA) is 106 Å². The summed E-state index contributed by atoms with van der Waals surface area (Å²) in [5, 5.41) is 0. The average molecular weight is 298 g/mol. The summed E-state index contributed by atoms with van der Waals surface area (Å²) in [4.78, 5) is 11.1. The fourth-order valence-corrected chi connectivity index (χ4v) is 1.52. The van der Waals surface area contributed by atoms with Gasteiger partial charge in [0.05, 0.1) is 38.6 Å². The van der Waals surface area contributed by atoms with Gasteiger partial charge in [-0.2, -0.15) is 0 Å². The van der Waals surface area contributed by atoms with Crippen molar-refractivity contribution < 1.29 is 23.7 Å². The first kappa shape index (κ1) is 17.2. The first-order valence-electron chi connectivity index (χ1n) is 6.61. The van der Waals surface area contributed by atoms with Crippen LogP contribution >= 0.6 is 0 Å². The molecule has 0 unspecified atom stereocenters. The SMILES string of the molecule is COCCOCCOCCOc1ccc(N)c(C(N)=O)c1. The number of nitrogens with two attached hydrogens (primary N) is 2. The Morgan fingerprint density at radius 3 is 2.29 bits per heavy atom. The molecule has 1 amide bonds. The normalized spacial score (nSPS) is 10.5. The van der Waals surface area contributed by atoms with E-state index in [4.69, 9.17) is 30.4 Å². The maximum atomic E-state index is 11.1. The van der Waals surface area contributed by atoms with Crippen LogP contribution in [0.5, 0.6) is 5.75 Å². The molecule has 0 radical (unpaired) electrons. The van der Waals surface area contributed by atoms with Crippen LogP contribution in [0, 0.1) is 0 Å². The quantitative estimate of drug-likeness (QED) is 0.453. The van der Waals surface area contributed by atoms with Gasteiger partial charge in [-0.3, -0.25) is 4.79 Å². The molecule has 0 aromatic heterocycles. The molecule has 1 aromatic rings. The molecule has 0 aliphatic heterocycles. The van der Waals surface area contributed by atoms with Crippen LogP contribution in [0.2, 0.25) is 0 Å². The lowest BCUT2D eigenvalue weighted by atomic mass is 10.1. The number of methoxy groups -OCH3 is 1. The van der Waals surface area contributed by atoms with Gasteiger partial charge in [-0.05, 0) is 18.2 Å². The first-order chi connectivity index (χ1) is 10.1. The molecule has 0 bridgehead atoms. The minimum atomic E-state index is -0.581. The number of primary amides is 1. The molecular formula is C14H22N2O5. The summed E-state index contributed by atoms with van der Waals surface area (Å²) in [6.07, 6.45) is 0. The van der Waals surface area contributed by atoms with Crippen molar-refractivity contribution in [3.63, 3.8) is 0 Å². The molecule has 0 saturated heterocycles. The fourth-order valence-electron chi connectivity index (χ4n) is 1.52. The number of ether oxygens (including phenoxy) is 4. The maximum Gasteiger partial charge on any atom is 0.250 e. The summed E-state index contributed by atoms with van der Waals surface area (Å²) < 4.78 is 20.9. The summed E-state index contributed by atoms with van der Waals surface area (Å²) in [7, 11) is 1.62. The third kappa shape index (κ3) is 6.94. The fraction of sp³-hybridized carbons (Fsp3) is 0.500. The molecule has 0 spiro atoms. The minimum Gasteiger partial charge on any atom is -0.491 e. The monoisotopic (exact) mass is 298 g/mol. The van der Waals surface area contributed by atoms with E-state index >= 15 is 0 Å². The highest BCUT2D eigenvalue weighted by Gasteiger charge is 2.07. The number of amides is 1. The Morgan fingerprint density at radius 2 is 1.67 bits per heavy atom. The smallest absolute Gasteiger partial charge is 0.250 e. The van der Waals surface area contributed by atoms with E-state index in [1.165, 1.54) is 6.07 Å². The van der Waals surface area contributed by atoms with Gasteiger partial charge in [-0.25, -0.2) is 0 Å². The molecule has 1 rings (SSSR count). The number of rotatable bonds is 11. The molecule has 0 fully saturated rings. The van der Waals surface area contributed by atoms with E-state index in [1.807, 2.05) is 0 Å². The minimum absolute atomic E-state index is 0.250. The van der Waals surface area contributed by atoms with Crippen LogP contribution in [0.1, 0.15) is 10.4 Å². The Hall–Kier alpha value is -1.83. The number of benzene rings is 1. The summed E-state index contributed by atoms with van der Waals surface area (Å²) in [6.45, 7) is 2.91. The second-order valence-corrected chi connectivity index (χ2v) is 4.18. The van der Waals surface area contributed by atoms with Crippen molar-refractivity contribution in [2.45, 2.75) is 0 Å². The second kappa shape index (κ2) is 9.98. The first-order valence-corrected chi connectivity index (χ1v) is 6.61. The molecule has 7 heteroatoms. The summed E-state index contributed by atoms with van der Waals surface area (Å²) >= 11 is 0. The Bertz CT molecular complexity index is 439. The van der Waals surface area contributed by atoms with Gasteiger partial charge in [0.1, 0.15) is 12.4 Å². The van der Waals surface area contributed by atoms with Crippen LogP contribution in [-0.2, 0) is 14.2 Å². The Kier molecular flexibility index (Phi) is 8.18. The van der Waals surface area contributed by atoms with E-state index in [0.29, 0.717) is 51.1 Å². The zero-order valence-electron chi connectivity index (χ0n) is 12.2. The molecule has 0 saturated carbocycles. The largest absolute Gasteiger partial charge is 0.491 e. The molecule has 1 aromatic carbocycles. The van der Waals surface area contributed by atoms with Crippen LogP contribution in [0.4, 0.5) is 5.69 Å². The highest BCUT2D eigenvalue weighted by Crippen LogP contribution is 2.19. The highest BCUT2D eigenvalue weighted by atomic mass is 16.6. The van der Waals surface area contributed by atoms with Gasteiger partial charge in [-0.15, -0.1) is 0 Å². The number of carbonyl (C=O) groups excluding carboxylic acids is 1. The van der Waals surface area contributed by atoms with Crippen LogP contribution in [0.25, 0.3) is 0 Å². The van der Waals surface area contributed by atoms with E-state index in [-0.39, 0.29) is 5.56 Å². The number of carbonyl (C=O) groups is 1. The number of nitrogen functional groups attached to an aromatic ring is 1. The van der Waals surface area contributed by atoms with Gasteiger partial charge < -0.3 is 30.4 Å². The third-order valence-corrected chi connectivity index (χ3v) is 2.59. The van der Waals surface area contributed by atoms with E-state index in [0.717, 1.165) is 0 Å². The van der Waals surface area contributed by atoms with Gasteiger partial charge in [-0.1, -0.05) is 0 Å². The van der Waals surface area contributed by atoms with Crippen LogP contribution in [0.3, 0.4) is 0 Å². The lowest BCUT2D eigenvalue weighted by molar-refractivity contribution is 0.0179. The molecule has 7 nitrogen and oxygen atoms in total. The number of hydrogen-bond donors (Lipinski definition) is 2. The number of anilines is 1. The van der Waals surface area contributed by atoms with E-state index < -0.39 is 5.91 Å². The highest BCUT2D eigenvalue weighted by molar-refractivity contribution is 5.98.